The Morgan fingerprint density at radius 1 is 0.319 bits per heavy atom. The highest BCUT2D eigenvalue weighted by Gasteiger charge is 2.18. The lowest BCUT2D eigenvalue weighted by Gasteiger charge is -2.26. The first-order valence-corrected chi connectivity index (χ1v) is 15.9. The van der Waals surface area contributed by atoms with Crippen LogP contribution in [0.3, 0.4) is 0 Å². The van der Waals surface area contributed by atoms with E-state index in [0.717, 1.165) is 71.7 Å². The van der Waals surface area contributed by atoms with Crippen molar-refractivity contribution in [3.8, 4) is 11.1 Å². The van der Waals surface area contributed by atoms with Crippen molar-refractivity contribution in [2.75, 3.05) is 4.90 Å². The number of para-hydroxylation sites is 1. The maximum Gasteiger partial charge on any atom is 0.137 e. The second-order valence-corrected chi connectivity index (χ2v) is 12.2. The predicted octanol–water partition coefficient (Wildman–Crippen LogP) is 12.9. The predicted molar refractivity (Wildman–Crippen MR) is 196 cm³/mol. The standard InChI is InChI=1S/C44H27NO2/c1-2-8-28(9-3-1)29-14-18-33(19-15-29)45(34-20-16-31-26-42-39(25-32(31)24-34)37-12-6-7-13-40(37)46-42)35-21-22-38-43(27-35)47-41-23-17-30-10-4-5-11-36(30)44(38)41/h1-27H. The fraction of sp³-hybridized carbons (Fsp3) is 0. The van der Waals surface area contributed by atoms with Crippen LogP contribution >= 0.6 is 0 Å². The normalized spacial score (nSPS) is 11.8. The zero-order valence-corrected chi connectivity index (χ0v) is 25.4. The van der Waals surface area contributed by atoms with Gasteiger partial charge in [0.1, 0.15) is 22.3 Å². The molecule has 2 heterocycles. The van der Waals surface area contributed by atoms with Crippen LogP contribution in [-0.2, 0) is 0 Å². The van der Waals surface area contributed by atoms with Crippen molar-refractivity contribution in [3.63, 3.8) is 0 Å². The lowest BCUT2D eigenvalue weighted by atomic mass is 10.0. The smallest absolute Gasteiger partial charge is 0.137 e. The lowest BCUT2D eigenvalue weighted by Crippen LogP contribution is -2.09. The zero-order valence-electron chi connectivity index (χ0n) is 25.4. The molecule has 220 valence electrons. The average molecular weight is 602 g/mol. The van der Waals surface area contributed by atoms with Crippen LogP contribution in [-0.4, -0.2) is 0 Å². The number of nitrogens with zero attached hydrogens (tertiary/aromatic N) is 1. The minimum Gasteiger partial charge on any atom is -0.456 e. The molecule has 0 radical (unpaired) electrons. The van der Waals surface area contributed by atoms with Crippen molar-refractivity contribution in [2.24, 2.45) is 0 Å². The van der Waals surface area contributed by atoms with Crippen molar-refractivity contribution in [1.29, 1.82) is 0 Å². The third-order valence-electron chi connectivity index (χ3n) is 9.41. The number of anilines is 3. The molecule has 0 aliphatic rings. The van der Waals surface area contributed by atoms with E-state index in [1.54, 1.807) is 0 Å². The van der Waals surface area contributed by atoms with Crippen molar-refractivity contribution in [3.05, 3.63) is 164 Å². The molecule has 10 rings (SSSR count). The van der Waals surface area contributed by atoms with Crippen LogP contribution in [0.4, 0.5) is 17.1 Å². The van der Waals surface area contributed by atoms with Gasteiger partial charge in [0.05, 0.1) is 0 Å². The van der Waals surface area contributed by atoms with Gasteiger partial charge in [-0.15, -0.1) is 0 Å². The summed E-state index contributed by atoms with van der Waals surface area (Å²) in [6, 6.07) is 57.9. The van der Waals surface area contributed by atoms with E-state index in [4.69, 9.17) is 8.83 Å². The summed E-state index contributed by atoms with van der Waals surface area (Å²) in [4.78, 5) is 2.32. The molecule has 0 amide bonds. The molecule has 0 saturated carbocycles. The van der Waals surface area contributed by atoms with E-state index in [9.17, 15) is 0 Å². The summed E-state index contributed by atoms with van der Waals surface area (Å²) in [5, 5.41) is 9.24. The first-order valence-electron chi connectivity index (χ1n) is 15.9. The van der Waals surface area contributed by atoms with Gasteiger partial charge in [0, 0.05) is 44.7 Å². The van der Waals surface area contributed by atoms with Crippen molar-refractivity contribution < 1.29 is 8.83 Å². The molecule has 47 heavy (non-hydrogen) atoms. The van der Waals surface area contributed by atoms with Gasteiger partial charge in [0.25, 0.3) is 0 Å². The number of hydrogen-bond acceptors (Lipinski definition) is 3. The van der Waals surface area contributed by atoms with E-state index in [0.29, 0.717) is 0 Å². The van der Waals surface area contributed by atoms with E-state index < -0.39 is 0 Å². The SMILES string of the molecule is c1ccc(-c2ccc(N(c3ccc4cc5oc6ccccc6c5cc4c3)c3ccc4c(c3)oc3ccc5ccccc5c34)cc2)cc1. The minimum absolute atomic E-state index is 0.868. The zero-order chi connectivity index (χ0) is 30.9. The number of fused-ring (bicyclic) bond motifs is 9. The Bertz CT molecular complexity index is 2780. The highest BCUT2D eigenvalue weighted by Crippen LogP contribution is 2.42. The summed E-state index contributed by atoms with van der Waals surface area (Å²) in [5.41, 5.74) is 9.13. The molecule has 0 fully saturated rings. The average Bonchev–Trinajstić information content (AvgIpc) is 3.69. The molecule has 0 aliphatic carbocycles. The molecular formula is C44H27NO2. The molecule has 0 aliphatic heterocycles. The summed E-state index contributed by atoms with van der Waals surface area (Å²) in [6.45, 7) is 0. The maximum absolute atomic E-state index is 6.51. The Balaban J connectivity index is 1.17. The summed E-state index contributed by atoms with van der Waals surface area (Å²) >= 11 is 0. The Hall–Kier alpha value is -6.32. The second-order valence-electron chi connectivity index (χ2n) is 12.2. The van der Waals surface area contributed by atoms with Crippen LogP contribution < -0.4 is 4.90 Å². The van der Waals surface area contributed by atoms with Crippen LogP contribution in [0.25, 0.3) is 76.5 Å². The third-order valence-corrected chi connectivity index (χ3v) is 9.41. The molecule has 3 heteroatoms. The topological polar surface area (TPSA) is 29.5 Å². The number of furan rings is 2. The fourth-order valence-electron chi connectivity index (χ4n) is 7.15. The third kappa shape index (κ3) is 4.14. The molecule has 0 saturated heterocycles. The highest BCUT2D eigenvalue weighted by molar-refractivity contribution is 6.19. The number of benzene rings is 8. The van der Waals surface area contributed by atoms with Gasteiger partial charge in [-0.05, 0) is 93.3 Å². The van der Waals surface area contributed by atoms with E-state index in [-0.39, 0.29) is 0 Å². The van der Waals surface area contributed by atoms with Gasteiger partial charge >= 0.3 is 0 Å². The van der Waals surface area contributed by atoms with Crippen LogP contribution in [0.2, 0.25) is 0 Å². The Labute approximate surface area is 270 Å². The van der Waals surface area contributed by atoms with E-state index in [1.165, 1.54) is 21.9 Å². The molecule has 0 bridgehead atoms. The Morgan fingerprint density at radius 2 is 0.979 bits per heavy atom. The number of hydrogen-bond donors (Lipinski definition) is 0. The quantitative estimate of drug-likeness (QED) is 0.201. The van der Waals surface area contributed by atoms with Gasteiger partial charge in [0.2, 0.25) is 0 Å². The summed E-state index contributed by atoms with van der Waals surface area (Å²) in [7, 11) is 0. The molecule has 0 atom stereocenters. The number of rotatable bonds is 4. The summed E-state index contributed by atoms with van der Waals surface area (Å²) in [6.07, 6.45) is 0. The van der Waals surface area contributed by atoms with Crippen LogP contribution in [0.15, 0.2) is 173 Å². The van der Waals surface area contributed by atoms with Crippen LogP contribution in [0.1, 0.15) is 0 Å². The van der Waals surface area contributed by atoms with Crippen molar-refractivity contribution in [1.82, 2.24) is 0 Å². The molecule has 10 aromatic rings. The Morgan fingerprint density at radius 3 is 1.87 bits per heavy atom. The molecule has 2 aromatic heterocycles. The van der Waals surface area contributed by atoms with E-state index >= 15 is 0 Å². The summed E-state index contributed by atoms with van der Waals surface area (Å²) < 4.78 is 12.7. The minimum atomic E-state index is 0.868. The molecular weight excluding hydrogens is 574 g/mol. The second kappa shape index (κ2) is 10.1. The van der Waals surface area contributed by atoms with Gasteiger partial charge < -0.3 is 13.7 Å². The molecule has 0 N–H and O–H groups in total. The first kappa shape index (κ1) is 26.0. The molecule has 8 aromatic carbocycles. The van der Waals surface area contributed by atoms with Crippen LogP contribution in [0.5, 0.6) is 0 Å². The van der Waals surface area contributed by atoms with Gasteiger partial charge in [-0.1, -0.05) is 97.1 Å². The van der Waals surface area contributed by atoms with E-state index in [1.807, 2.05) is 12.1 Å². The monoisotopic (exact) mass is 601 g/mol. The van der Waals surface area contributed by atoms with Gasteiger partial charge in [-0.2, -0.15) is 0 Å². The van der Waals surface area contributed by atoms with E-state index in [2.05, 4.69) is 157 Å². The first-order chi connectivity index (χ1) is 23.3. The van der Waals surface area contributed by atoms with Crippen molar-refractivity contribution >= 4 is 82.5 Å². The van der Waals surface area contributed by atoms with Gasteiger partial charge in [0.15, 0.2) is 0 Å². The fourth-order valence-corrected chi connectivity index (χ4v) is 7.15. The molecule has 0 unspecified atom stereocenters. The van der Waals surface area contributed by atoms with Crippen LogP contribution in [0, 0.1) is 0 Å². The summed E-state index contributed by atoms with van der Waals surface area (Å²) in [5.74, 6) is 0. The molecule has 3 nitrogen and oxygen atoms in total. The molecule has 0 spiro atoms. The highest BCUT2D eigenvalue weighted by atomic mass is 16.3. The van der Waals surface area contributed by atoms with Crippen molar-refractivity contribution in [2.45, 2.75) is 0 Å². The van der Waals surface area contributed by atoms with Gasteiger partial charge in [-0.25, -0.2) is 0 Å². The Kier molecular flexibility index (Phi) is 5.57. The van der Waals surface area contributed by atoms with Gasteiger partial charge in [-0.3, -0.25) is 0 Å². The maximum atomic E-state index is 6.51. The largest absolute Gasteiger partial charge is 0.456 e. The lowest BCUT2D eigenvalue weighted by molar-refractivity contribution is 0.669.